The predicted molar refractivity (Wildman–Crippen MR) is 50.0 cm³/mol. The molecule has 0 fully saturated rings. The van der Waals surface area contributed by atoms with Gasteiger partial charge in [0.25, 0.3) is 5.24 Å². The maximum Gasteiger partial charge on any atom is 0.416 e. The van der Waals surface area contributed by atoms with Crippen molar-refractivity contribution in [2.75, 3.05) is 0 Å². The lowest BCUT2D eigenvalue weighted by atomic mass is 10.2. The summed E-state index contributed by atoms with van der Waals surface area (Å²) >= 11 is 0.721. The van der Waals surface area contributed by atoms with Gasteiger partial charge in [0.1, 0.15) is 0 Å². The smallest absolute Gasteiger partial charge is 0.285 e. The number of halogens is 3. The maximum atomic E-state index is 12.1. The van der Waals surface area contributed by atoms with Crippen LogP contribution in [0.3, 0.4) is 0 Å². The van der Waals surface area contributed by atoms with Gasteiger partial charge >= 0.3 is 6.18 Å². The number of amides is 1. The van der Waals surface area contributed by atoms with Crippen LogP contribution in [-0.2, 0) is 6.18 Å². The van der Waals surface area contributed by atoms with Crippen LogP contribution in [0.15, 0.2) is 29.2 Å². The van der Waals surface area contributed by atoms with Crippen molar-refractivity contribution in [2.24, 2.45) is 5.84 Å². The zero-order chi connectivity index (χ0) is 11.5. The number of carbonyl (C=O) groups is 1. The molecule has 0 atom stereocenters. The summed E-state index contributed by atoms with van der Waals surface area (Å²) in [5, 5.41) is -0.533. The lowest BCUT2D eigenvalue weighted by molar-refractivity contribution is -0.137. The van der Waals surface area contributed by atoms with Crippen LogP contribution >= 0.6 is 11.8 Å². The summed E-state index contributed by atoms with van der Waals surface area (Å²) in [6.07, 6.45) is -4.36. The average molecular weight is 236 g/mol. The van der Waals surface area contributed by atoms with Crippen molar-refractivity contribution in [3.05, 3.63) is 29.8 Å². The summed E-state index contributed by atoms with van der Waals surface area (Å²) in [4.78, 5) is 11.2. The standard InChI is InChI=1S/C8H7F3N2OS/c9-8(10,11)5-1-3-6(4-2-5)15-7(14)13-12/h1-4H,12H2,(H,13,14). The van der Waals surface area contributed by atoms with Crippen molar-refractivity contribution in [3.8, 4) is 0 Å². The minimum atomic E-state index is -4.36. The van der Waals surface area contributed by atoms with E-state index in [1.54, 1.807) is 0 Å². The molecule has 0 aromatic heterocycles. The molecule has 1 aromatic rings. The van der Waals surface area contributed by atoms with Gasteiger partial charge in [-0.2, -0.15) is 13.2 Å². The van der Waals surface area contributed by atoms with Crippen molar-refractivity contribution >= 4 is 17.0 Å². The number of rotatable bonds is 1. The van der Waals surface area contributed by atoms with Crippen LogP contribution in [0.2, 0.25) is 0 Å². The molecule has 0 spiro atoms. The van der Waals surface area contributed by atoms with Gasteiger partial charge in [0, 0.05) is 4.90 Å². The molecule has 0 heterocycles. The number of benzene rings is 1. The molecule has 0 aliphatic heterocycles. The Labute approximate surface area is 87.8 Å². The third-order valence-electron chi connectivity index (χ3n) is 1.51. The first-order valence-electron chi connectivity index (χ1n) is 3.79. The quantitative estimate of drug-likeness (QED) is 0.340. The van der Waals surface area contributed by atoms with Gasteiger partial charge in [-0.3, -0.25) is 10.2 Å². The first-order chi connectivity index (χ1) is 6.93. The van der Waals surface area contributed by atoms with Crippen LogP contribution in [0.4, 0.5) is 18.0 Å². The van der Waals surface area contributed by atoms with Gasteiger partial charge in [0.05, 0.1) is 5.56 Å². The monoisotopic (exact) mass is 236 g/mol. The Morgan fingerprint density at radius 2 is 1.80 bits per heavy atom. The van der Waals surface area contributed by atoms with Crippen LogP contribution in [0.5, 0.6) is 0 Å². The van der Waals surface area contributed by atoms with E-state index in [1.165, 1.54) is 12.1 Å². The second kappa shape index (κ2) is 4.54. The Morgan fingerprint density at radius 3 is 2.20 bits per heavy atom. The summed E-state index contributed by atoms with van der Waals surface area (Å²) in [6.45, 7) is 0. The molecule has 82 valence electrons. The number of nitrogens with two attached hydrogens (primary N) is 1. The number of carbonyl (C=O) groups excluding carboxylic acids is 1. The third kappa shape index (κ3) is 3.45. The minimum absolute atomic E-state index is 0.394. The van der Waals surface area contributed by atoms with Crippen molar-refractivity contribution in [1.29, 1.82) is 0 Å². The van der Waals surface area contributed by atoms with E-state index in [0.717, 1.165) is 23.9 Å². The lowest BCUT2D eigenvalue weighted by Crippen LogP contribution is -2.25. The second-order valence-electron chi connectivity index (χ2n) is 2.56. The minimum Gasteiger partial charge on any atom is -0.285 e. The molecule has 3 nitrogen and oxygen atoms in total. The van der Waals surface area contributed by atoms with Crippen LogP contribution in [0, 0.1) is 0 Å². The molecule has 1 aromatic carbocycles. The molecule has 15 heavy (non-hydrogen) atoms. The van der Waals surface area contributed by atoms with Gasteiger partial charge in [-0.25, -0.2) is 5.84 Å². The van der Waals surface area contributed by atoms with Gasteiger partial charge in [-0.1, -0.05) is 0 Å². The molecular weight excluding hydrogens is 229 g/mol. The van der Waals surface area contributed by atoms with Crippen molar-refractivity contribution in [1.82, 2.24) is 5.43 Å². The lowest BCUT2D eigenvalue weighted by Gasteiger charge is -2.06. The highest BCUT2D eigenvalue weighted by Crippen LogP contribution is 2.30. The molecule has 0 radical (unpaired) electrons. The van der Waals surface area contributed by atoms with Gasteiger partial charge in [0.2, 0.25) is 0 Å². The second-order valence-corrected chi connectivity index (χ2v) is 3.60. The number of hydrazine groups is 1. The highest BCUT2D eigenvalue weighted by Gasteiger charge is 2.29. The van der Waals surface area contributed by atoms with Gasteiger partial charge < -0.3 is 0 Å². The molecule has 0 unspecified atom stereocenters. The number of hydrogen-bond acceptors (Lipinski definition) is 3. The fraction of sp³-hybridized carbons (Fsp3) is 0.125. The summed E-state index contributed by atoms with van der Waals surface area (Å²) in [5.74, 6) is 4.82. The van der Waals surface area contributed by atoms with E-state index >= 15 is 0 Å². The molecule has 0 saturated carbocycles. The van der Waals surface area contributed by atoms with E-state index in [9.17, 15) is 18.0 Å². The Balaban J connectivity index is 2.77. The molecule has 3 N–H and O–H groups in total. The van der Waals surface area contributed by atoms with E-state index in [-0.39, 0.29) is 0 Å². The Morgan fingerprint density at radius 1 is 1.27 bits per heavy atom. The van der Waals surface area contributed by atoms with Crippen LogP contribution in [-0.4, -0.2) is 5.24 Å². The van der Waals surface area contributed by atoms with Crippen LogP contribution < -0.4 is 11.3 Å². The summed E-state index contributed by atoms with van der Waals surface area (Å²) in [5.41, 5.74) is 1.11. The number of nitrogens with one attached hydrogen (secondary N) is 1. The molecule has 0 aliphatic carbocycles. The molecular formula is C8H7F3N2OS. The van der Waals surface area contributed by atoms with Gasteiger partial charge in [-0.05, 0) is 36.0 Å². The zero-order valence-electron chi connectivity index (χ0n) is 7.34. The normalized spacial score (nSPS) is 11.2. The predicted octanol–water partition coefficient (Wildman–Crippen LogP) is 2.38. The van der Waals surface area contributed by atoms with Crippen molar-refractivity contribution in [2.45, 2.75) is 11.1 Å². The SMILES string of the molecule is NNC(=O)Sc1ccc(C(F)(F)F)cc1. The average Bonchev–Trinajstić information content (AvgIpc) is 2.17. The Hall–Kier alpha value is -1.21. The molecule has 0 aliphatic rings. The zero-order valence-corrected chi connectivity index (χ0v) is 8.15. The van der Waals surface area contributed by atoms with Crippen LogP contribution in [0.1, 0.15) is 5.56 Å². The molecule has 1 amide bonds. The summed E-state index contributed by atoms with van der Waals surface area (Å²) in [7, 11) is 0. The number of hydrogen-bond donors (Lipinski definition) is 2. The van der Waals surface area contributed by atoms with E-state index in [4.69, 9.17) is 5.84 Å². The topological polar surface area (TPSA) is 55.1 Å². The maximum absolute atomic E-state index is 12.1. The van der Waals surface area contributed by atoms with Crippen molar-refractivity contribution in [3.63, 3.8) is 0 Å². The van der Waals surface area contributed by atoms with Gasteiger partial charge in [0.15, 0.2) is 0 Å². The first kappa shape index (κ1) is 11.9. The summed E-state index contributed by atoms with van der Waals surface area (Å²) < 4.78 is 36.4. The van der Waals surface area contributed by atoms with E-state index in [1.807, 2.05) is 5.43 Å². The molecule has 0 saturated heterocycles. The number of thioether (sulfide) groups is 1. The van der Waals surface area contributed by atoms with E-state index in [2.05, 4.69) is 0 Å². The Bertz CT molecular complexity index is 350. The fourth-order valence-corrected chi connectivity index (χ4v) is 1.39. The highest BCUT2D eigenvalue weighted by molar-refractivity contribution is 8.13. The fourth-order valence-electron chi connectivity index (χ4n) is 0.848. The van der Waals surface area contributed by atoms with Gasteiger partial charge in [-0.15, -0.1) is 0 Å². The largest absolute Gasteiger partial charge is 0.416 e. The molecule has 7 heteroatoms. The molecule has 1 rings (SSSR count). The third-order valence-corrected chi connectivity index (χ3v) is 2.32. The van der Waals surface area contributed by atoms with E-state index < -0.39 is 17.0 Å². The van der Waals surface area contributed by atoms with Crippen molar-refractivity contribution < 1.29 is 18.0 Å². The van der Waals surface area contributed by atoms with E-state index in [0.29, 0.717) is 4.90 Å². The first-order valence-corrected chi connectivity index (χ1v) is 4.61. The number of alkyl halides is 3. The van der Waals surface area contributed by atoms with Crippen LogP contribution in [0.25, 0.3) is 0 Å². The highest BCUT2D eigenvalue weighted by atomic mass is 32.2. The summed E-state index contributed by atoms with van der Waals surface area (Å²) in [6, 6.07) is 4.24. The Kier molecular flexibility index (Phi) is 3.59. The molecule has 0 bridgehead atoms.